The highest BCUT2D eigenvalue weighted by atomic mass is 16.6. The quantitative estimate of drug-likeness (QED) is 0.537. The monoisotopic (exact) mass is 424 g/mol. The molecule has 0 N–H and O–H groups in total. The lowest BCUT2D eigenvalue weighted by Gasteiger charge is -2.40. The summed E-state index contributed by atoms with van der Waals surface area (Å²) >= 11 is 0. The highest BCUT2D eigenvalue weighted by molar-refractivity contribution is 5.97. The van der Waals surface area contributed by atoms with E-state index in [-0.39, 0.29) is 18.5 Å². The summed E-state index contributed by atoms with van der Waals surface area (Å²) in [5.74, 6) is -1.41. The first-order valence-electron chi connectivity index (χ1n) is 10.7. The first-order valence-corrected chi connectivity index (χ1v) is 10.7. The molecule has 2 aliphatic heterocycles. The maximum absolute atomic E-state index is 12.7. The molecule has 0 bridgehead atoms. The van der Waals surface area contributed by atoms with E-state index in [1.165, 1.54) is 0 Å². The maximum atomic E-state index is 12.7. The second-order valence-electron chi connectivity index (χ2n) is 8.61. The van der Waals surface area contributed by atoms with Gasteiger partial charge >= 0.3 is 17.9 Å². The van der Waals surface area contributed by atoms with Gasteiger partial charge in [-0.15, -0.1) is 0 Å². The Morgan fingerprint density at radius 1 is 1.32 bits per heavy atom. The molecule has 7 heteroatoms. The Morgan fingerprint density at radius 3 is 2.90 bits per heavy atom. The van der Waals surface area contributed by atoms with Gasteiger partial charge in [0.05, 0.1) is 29.4 Å². The summed E-state index contributed by atoms with van der Waals surface area (Å²) in [5.41, 5.74) is 3.22. The topological polar surface area (TPSA) is 92.0 Å². The Kier molecular flexibility index (Phi) is 4.64. The lowest BCUT2D eigenvalue weighted by Crippen LogP contribution is -2.41. The maximum Gasteiger partial charge on any atom is 0.339 e. The molecule has 0 aromatic carbocycles. The lowest BCUT2D eigenvalue weighted by molar-refractivity contribution is -0.153. The van der Waals surface area contributed by atoms with Gasteiger partial charge in [0.2, 0.25) is 0 Å². The van der Waals surface area contributed by atoms with Crippen LogP contribution >= 0.6 is 0 Å². The number of esters is 3. The van der Waals surface area contributed by atoms with Crippen LogP contribution in [0.25, 0.3) is 0 Å². The predicted molar refractivity (Wildman–Crippen MR) is 107 cm³/mol. The third-order valence-electron chi connectivity index (χ3n) is 6.85. The zero-order valence-corrected chi connectivity index (χ0v) is 17.5. The molecule has 0 amide bonds. The molecule has 1 aromatic rings. The molecule has 1 spiro atoms. The molecule has 2 fully saturated rings. The van der Waals surface area contributed by atoms with Crippen LogP contribution < -0.4 is 0 Å². The van der Waals surface area contributed by atoms with Gasteiger partial charge in [0, 0.05) is 24.0 Å². The van der Waals surface area contributed by atoms with Crippen molar-refractivity contribution in [3.8, 4) is 0 Å². The smallest absolute Gasteiger partial charge is 0.339 e. The minimum Gasteiger partial charge on any atom is -0.472 e. The van der Waals surface area contributed by atoms with Crippen LogP contribution in [-0.4, -0.2) is 30.6 Å². The molecule has 5 rings (SSSR count). The fraction of sp³-hybridized carbons (Fsp3) is 0.458. The highest BCUT2D eigenvalue weighted by Crippen LogP contribution is 2.56. The van der Waals surface area contributed by atoms with Gasteiger partial charge < -0.3 is 18.6 Å². The third-order valence-corrected chi connectivity index (χ3v) is 6.85. The van der Waals surface area contributed by atoms with Crippen molar-refractivity contribution in [3.63, 3.8) is 0 Å². The van der Waals surface area contributed by atoms with Gasteiger partial charge in [-0.05, 0) is 37.0 Å². The molecule has 1 aromatic heterocycles. The summed E-state index contributed by atoms with van der Waals surface area (Å²) in [5, 5.41) is 0. The summed E-state index contributed by atoms with van der Waals surface area (Å²) < 4.78 is 22.1. The van der Waals surface area contributed by atoms with Gasteiger partial charge in [0.15, 0.2) is 6.10 Å². The Labute approximate surface area is 179 Å². The summed E-state index contributed by atoms with van der Waals surface area (Å²) in [7, 11) is 0. The molecule has 1 saturated heterocycles. The predicted octanol–water partition coefficient (Wildman–Crippen LogP) is 3.73. The summed E-state index contributed by atoms with van der Waals surface area (Å²) in [6.07, 6.45) is 7.76. The van der Waals surface area contributed by atoms with Gasteiger partial charge in [-0.1, -0.05) is 19.1 Å². The van der Waals surface area contributed by atoms with Crippen molar-refractivity contribution in [1.82, 2.24) is 0 Å². The SMILES string of the molecule is CCCC(=O)O[C@@H]1CC2=C(C)C3=C(C=C[C@]24COC(=O)[C@@H]4C1)C(=O)O[C@H]3c1ccoc1. The molecular weight excluding hydrogens is 400 g/mol. The number of furan rings is 1. The van der Waals surface area contributed by atoms with Gasteiger partial charge in [-0.3, -0.25) is 9.59 Å². The van der Waals surface area contributed by atoms with Gasteiger partial charge in [-0.2, -0.15) is 0 Å². The molecule has 4 atom stereocenters. The number of carbonyl (C=O) groups excluding carboxylic acids is 3. The van der Waals surface area contributed by atoms with Crippen LogP contribution in [-0.2, 0) is 28.6 Å². The van der Waals surface area contributed by atoms with Crippen molar-refractivity contribution in [3.05, 3.63) is 58.6 Å². The van der Waals surface area contributed by atoms with Gasteiger partial charge in [-0.25, -0.2) is 4.79 Å². The number of hydrogen-bond acceptors (Lipinski definition) is 7. The van der Waals surface area contributed by atoms with Gasteiger partial charge in [0.25, 0.3) is 0 Å². The number of rotatable bonds is 4. The fourth-order valence-corrected chi connectivity index (χ4v) is 5.37. The van der Waals surface area contributed by atoms with Crippen LogP contribution in [0.1, 0.15) is 51.2 Å². The van der Waals surface area contributed by atoms with E-state index in [4.69, 9.17) is 18.6 Å². The fourth-order valence-electron chi connectivity index (χ4n) is 5.37. The number of carbonyl (C=O) groups is 3. The zero-order valence-electron chi connectivity index (χ0n) is 17.5. The zero-order chi connectivity index (χ0) is 21.8. The van der Waals surface area contributed by atoms with E-state index < -0.39 is 29.5 Å². The lowest BCUT2D eigenvalue weighted by atomic mass is 9.62. The van der Waals surface area contributed by atoms with Crippen molar-refractivity contribution in [2.75, 3.05) is 6.61 Å². The molecular formula is C24H24O7. The normalized spacial score (nSPS) is 31.6. The van der Waals surface area contributed by atoms with Crippen molar-refractivity contribution >= 4 is 17.9 Å². The minimum absolute atomic E-state index is 0.223. The van der Waals surface area contributed by atoms with Crippen LogP contribution in [0.15, 0.2) is 57.5 Å². The first kappa shape index (κ1) is 19.8. The molecule has 31 heavy (non-hydrogen) atoms. The Hall–Kier alpha value is -3.09. The van der Waals surface area contributed by atoms with E-state index in [1.54, 1.807) is 24.7 Å². The molecule has 2 aliphatic carbocycles. The van der Waals surface area contributed by atoms with Crippen molar-refractivity contribution < 1.29 is 33.0 Å². The number of ether oxygens (including phenoxy) is 3. The summed E-state index contributed by atoms with van der Waals surface area (Å²) in [6, 6.07) is 1.78. The number of hydrogen-bond donors (Lipinski definition) is 0. The second kappa shape index (κ2) is 7.25. The van der Waals surface area contributed by atoms with Crippen molar-refractivity contribution in [1.29, 1.82) is 0 Å². The molecule has 162 valence electrons. The van der Waals surface area contributed by atoms with E-state index in [2.05, 4.69) is 0 Å². The largest absolute Gasteiger partial charge is 0.472 e. The standard InChI is InChI=1S/C24H24O7/c1-3-4-19(25)30-15-9-17-13(2)20-16(22(26)31-21(20)14-6-8-28-11-14)5-7-24(17)12-29-23(27)18(24)10-15/h5-8,11,15,18,21H,3-4,9-10,12H2,1-2H3/t15-,18+,21+,24+/m1/s1. The van der Waals surface area contributed by atoms with Gasteiger partial charge in [0.1, 0.15) is 12.7 Å². The summed E-state index contributed by atoms with van der Waals surface area (Å²) in [4.78, 5) is 37.5. The molecule has 1 saturated carbocycles. The van der Waals surface area contributed by atoms with Crippen LogP contribution in [0.2, 0.25) is 0 Å². The molecule has 3 heterocycles. The van der Waals surface area contributed by atoms with E-state index in [1.807, 2.05) is 19.9 Å². The Morgan fingerprint density at radius 2 is 2.16 bits per heavy atom. The average Bonchev–Trinajstić information content (AvgIpc) is 3.43. The van der Waals surface area contributed by atoms with E-state index in [9.17, 15) is 14.4 Å². The second-order valence-corrected chi connectivity index (χ2v) is 8.61. The first-order chi connectivity index (χ1) is 14.9. The van der Waals surface area contributed by atoms with E-state index in [0.717, 1.165) is 22.3 Å². The molecule has 0 radical (unpaired) electrons. The number of cyclic esters (lactones) is 2. The Balaban J connectivity index is 1.60. The highest BCUT2D eigenvalue weighted by Gasteiger charge is 2.57. The van der Waals surface area contributed by atoms with E-state index >= 15 is 0 Å². The van der Waals surface area contributed by atoms with Crippen molar-refractivity contribution in [2.24, 2.45) is 11.3 Å². The summed E-state index contributed by atoms with van der Waals surface area (Å²) in [6.45, 7) is 4.09. The van der Waals surface area contributed by atoms with Crippen LogP contribution in [0.3, 0.4) is 0 Å². The van der Waals surface area contributed by atoms with E-state index in [0.29, 0.717) is 31.3 Å². The molecule has 4 aliphatic rings. The molecule has 7 nitrogen and oxygen atoms in total. The molecule has 0 unspecified atom stereocenters. The van der Waals surface area contributed by atoms with Crippen LogP contribution in [0.5, 0.6) is 0 Å². The minimum atomic E-state index is -0.638. The Bertz CT molecular complexity index is 1040. The third kappa shape index (κ3) is 2.98. The van der Waals surface area contributed by atoms with Crippen LogP contribution in [0, 0.1) is 11.3 Å². The van der Waals surface area contributed by atoms with Crippen LogP contribution in [0.4, 0.5) is 0 Å². The average molecular weight is 424 g/mol. The van der Waals surface area contributed by atoms with Crippen molar-refractivity contribution in [2.45, 2.75) is 51.7 Å².